The number of benzene rings is 3. The first-order chi connectivity index (χ1) is 22.7. The van der Waals surface area contributed by atoms with Gasteiger partial charge in [-0.25, -0.2) is 4.98 Å². The van der Waals surface area contributed by atoms with Gasteiger partial charge in [0.15, 0.2) is 0 Å². The van der Waals surface area contributed by atoms with Crippen molar-refractivity contribution in [2.75, 3.05) is 13.1 Å². The molecule has 1 saturated heterocycles. The number of thiophene rings is 1. The minimum atomic E-state index is 0.102. The van der Waals surface area contributed by atoms with Crippen molar-refractivity contribution in [3.05, 3.63) is 88.6 Å². The number of hydrogen-bond acceptors (Lipinski definition) is 7. The average Bonchev–Trinajstić information content (AvgIpc) is 3.95. The molecule has 4 heterocycles. The van der Waals surface area contributed by atoms with Gasteiger partial charge in [-0.1, -0.05) is 25.3 Å². The van der Waals surface area contributed by atoms with Crippen molar-refractivity contribution in [1.29, 1.82) is 0 Å². The number of ether oxygens (including phenoxy) is 1. The summed E-state index contributed by atoms with van der Waals surface area (Å²) < 4.78 is 8.80. The fraction of sp³-hybridized carbons (Fsp3) is 0.306. The van der Waals surface area contributed by atoms with Crippen LogP contribution in [0.3, 0.4) is 0 Å². The fourth-order valence-corrected chi connectivity index (χ4v) is 7.60. The second-order valence-electron chi connectivity index (χ2n) is 12.2. The molecule has 9 nitrogen and oxygen atoms in total. The number of fused-ring (bicyclic) bond motifs is 1. The number of likely N-dealkylation sites (tertiary alicyclic amines) is 1. The van der Waals surface area contributed by atoms with Gasteiger partial charge in [0, 0.05) is 35.8 Å². The number of tetrazole rings is 1. The number of aromatic nitrogens is 6. The Morgan fingerprint density at radius 3 is 2.48 bits per heavy atom. The molecule has 0 atom stereocenters. The van der Waals surface area contributed by atoms with Crippen molar-refractivity contribution in [2.45, 2.75) is 57.6 Å². The first-order valence-corrected chi connectivity index (χ1v) is 17.1. The van der Waals surface area contributed by atoms with Gasteiger partial charge in [0.2, 0.25) is 5.82 Å². The van der Waals surface area contributed by atoms with Crippen molar-refractivity contribution >= 4 is 28.3 Å². The Labute approximate surface area is 271 Å². The van der Waals surface area contributed by atoms with E-state index in [2.05, 4.69) is 66.3 Å². The lowest BCUT2D eigenvalue weighted by molar-refractivity contribution is 0.0792. The van der Waals surface area contributed by atoms with Gasteiger partial charge < -0.3 is 14.2 Å². The number of amides is 1. The second kappa shape index (κ2) is 12.5. The zero-order chi connectivity index (χ0) is 30.9. The van der Waals surface area contributed by atoms with Gasteiger partial charge in [0.1, 0.15) is 18.2 Å². The van der Waals surface area contributed by atoms with E-state index in [1.807, 2.05) is 41.3 Å². The number of carbonyl (C=O) groups excluding carboxylic acids is 1. The third-order valence-electron chi connectivity index (χ3n) is 9.32. The highest BCUT2D eigenvalue weighted by atomic mass is 32.1. The summed E-state index contributed by atoms with van der Waals surface area (Å²) in [6, 6.07) is 23.0. The maximum atomic E-state index is 13.2. The molecule has 46 heavy (non-hydrogen) atoms. The van der Waals surface area contributed by atoms with Crippen LogP contribution < -0.4 is 4.74 Å². The maximum absolute atomic E-state index is 13.2. The van der Waals surface area contributed by atoms with Gasteiger partial charge in [-0.3, -0.25) is 4.79 Å². The Kier molecular flexibility index (Phi) is 7.79. The molecule has 1 N–H and O–H groups in total. The summed E-state index contributed by atoms with van der Waals surface area (Å²) in [5.41, 5.74) is 7.94. The second-order valence-corrected chi connectivity index (χ2v) is 13.0. The topological polar surface area (TPSA) is 102 Å². The number of rotatable bonds is 8. The van der Waals surface area contributed by atoms with Crippen LogP contribution in [0.15, 0.2) is 77.5 Å². The zero-order valence-electron chi connectivity index (χ0n) is 25.6. The fourth-order valence-electron chi connectivity index (χ4n) is 6.94. The van der Waals surface area contributed by atoms with E-state index in [9.17, 15) is 4.79 Å². The van der Waals surface area contributed by atoms with E-state index in [1.165, 1.54) is 19.3 Å². The lowest BCUT2D eigenvalue weighted by Gasteiger charge is -2.25. The van der Waals surface area contributed by atoms with Crippen LogP contribution in [0.25, 0.3) is 44.9 Å². The van der Waals surface area contributed by atoms with E-state index in [-0.39, 0.29) is 5.91 Å². The molecule has 0 radical (unpaired) electrons. The predicted octanol–water partition coefficient (Wildman–Crippen LogP) is 7.93. The lowest BCUT2D eigenvalue weighted by atomic mass is 9.95. The Bertz CT molecular complexity index is 1950. The van der Waals surface area contributed by atoms with Crippen LogP contribution in [-0.2, 0) is 6.61 Å². The smallest absolute Gasteiger partial charge is 0.253 e. The van der Waals surface area contributed by atoms with Crippen molar-refractivity contribution in [3.63, 3.8) is 0 Å². The number of carbonyl (C=O) groups is 1. The van der Waals surface area contributed by atoms with Crippen LogP contribution >= 0.6 is 11.3 Å². The summed E-state index contributed by atoms with van der Waals surface area (Å²) in [5, 5.41) is 18.8. The minimum Gasteiger partial charge on any atom is -0.489 e. The molecule has 3 aromatic carbocycles. The normalized spacial score (nSPS) is 15.5. The van der Waals surface area contributed by atoms with E-state index in [1.54, 1.807) is 11.3 Å². The molecule has 2 aliphatic rings. The first kappa shape index (κ1) is 28.6. The number of H-pyrrole nitrogens is 1. The molecular weight excluding hydrogens is 595 g/mol. The molecule has 8 rings (SSSR count). The first-order valence-electron chi connectivity index (χ1n) is 16.1. The highest BCUT2D eigenvalue weighted by Gasteiger charge is 2.24. The highest BCUT2D eigenvalue weighted by Crippen LogP contribution is 2.37. The van der Waals surface area contributed by atoms with Crippen LogP contribution in [-0.4, -0.2) is 54.1 Å². The molecule has 1 amide bonds. The molecule has 232 valence electrons. The Morgan fingerprint density at radius 2 is 1.72 bits per heavy atom. The highest BCUT2D eigenvalue weighted by molar-refractivity contribution is 7.08. The van der Waals surface area contributed by atoms with Crippen molar-refractivity contribution in [2.24, 2.45) is 0 Å². The van der Waals surface area contributed by atoms with Gasteiger partial charge in [-0.05, 0) is 119 Å². The molecule has 2 fully saturated rings. The summed E-state index contributed by atoms with van der Waals surface area (Å²) in [7, 11) is 0. The quantitative estimate of drug-likeness (QED) is 0.183. The molecule has 0 spiro atoms. The maximum Gasteiger partial charge on any atom is 0.253 e. The zero-order valence-corrected chi connectivity index (χ0v) is 26.4. The Morgan fingerprint density at radius 1 is 0.891 bits per heavy atom. The molecule has 10 heteroatoms. The van der Waals surface area contributed by atoms with Crippen LogP contribution in [0, 0.1) is 0 Å². The summed E-state index contributed by atoms with van der Waals surface area (Å²) in [6.45, 7) is 2.03. The molecule has 0 unspecified atom stereocenters. The lowest BCUT2D eigenvalue weighted by Crippen LogP contribution is -2.27. The standard InChI is InChI=1S/C36H35N7O2S/c44-36(42-17-4-5-18-42)26-10-14-31(27-16-19-46-23-27)28(20-26)22-45-30-12-8-24(9-13-30)35-37-32-21-25(34-38-40-41-39-34)11-15-33(32)43(35)29-6-2-1-3-7-29/h8-16,19-21,23,29H,1-7,17-18,22H2,(H,38,39,40,41). The van der Waals surface area contributed by atoms with Crippen LogP contribution in [0.1, 0.15) is 66.9 Å². The van der Waals surface area contributed by atoms with Gasteiger partial charge in [0.25, 0.3) is 5.91 Å². The van der Waals surface area contributed by atoms with Gasteiger partial charge in [0.05, 0.1) is 11.0 Å². The van der Waals surface area contributed by atoms with Crippen molar-refractivity contribution in [3.8, 4) is 39.7 Å². The molecule has 1 saturated carbocycles. The molecule has 1 aliphatic heterocycles. The third kappa shape index (κ3) is 5.58. The number of hydrogen-bond donors (Lipinski definition) is 1. The number of imidazole rings is 1. The van der Waals surface area contributed by atoms with E-state index in [0.29, 0.717) is 18.5 Å². The van der Waals surface area contributed by atoms with Crippen LogP contribution in [0.5, 0.6) is 5.75 Å². The van der Waals surface area contributed by atoms with Gasteiger partial charge in [-0.15, -0.1) is 10.2 Å². The monoisotopic (exact) mass is 629 g/mol. The summed E-state index contributed by atoms with van der Waals surface area (Å²) >= 11 is 1.67. The largest absolute Gasteiger partial charge is 0.489 e. The molecule has 0 bridgehead atoms. The average molecular weight is 630 g/mol. The van der Waals surface area contributed by atoms with Crippen molar-refractivity contribution < 1.29 is 9.53 Å². The molecule has 6 aromatic rings. The van der Waals surface area contributed by atoms with E-state index < -0.39 is 0 Å². The summed E-state index contributed by atoms with van der Waals surface area (Å²) in [4.78, 5) is 20.3. The van der Waals surface area contributed by atoms with Gasteiger partial charge in [-0.2, -0.15) is 16.6 Å². The third-order valence-corrected chi connectivity index (χ3v) is 10.0. The van der Waals surface area contributed by atoms with Crippen LogP contribution in [0.2, 0.25) is 0 Å². The van der Waals surface area contributed by atoms with Gasteiger partial charge >= 0.3 is 0 Å². The minimum absolute atomic E-state index is 0.102. The number of nitrogens with one attached hydrogen (secondary N) is 1. The summed E-state index contributed by atoms with van der Waals surface area (Å²) in [6.07, 6.45) is 8.20. The molecular formula is C36H35N7O2S. The van der Waals surface area contributed by atoms with Crippen molar-refractivity contribution in [1.82, 2.24) is 35.1 Å². The SMILES string of the molecule is O=C(c1ccc(-c2ccsc2)c(COc2ccc(-c3nc4cc(-c5nn[nH]n5)ccc4n3C3CCCCC3)cc2)c1)N1CCCC1. The summed E-state index contributed by atoms with van der Waals surface area (Å²) in [5.74, 6) is 2.40. The number of aromatic amines is 1. The van der Waals surface area contributed by atoms with E-state index >= 15 is 0 Å². The molecule has 3 aromatic heterocycles. The van der Waals surface area contributed by atoms with E-state index in [0.717, 1.165) is 94.8 Å². The Hall–Kier alpha value is -4.83. The van der Waals surface area contributed by atoms with Crippen LogP contribution in [0.4, 0.5) is 0 Å². The number of nitrogens with zero attached hydrogens (tertiary/aromatic N) is 6. The molecule has 1 aliphatic carbocycles. The Balaban J connectivity index is 1.08. The predicted molar refractivity (Wildman–Crippen MR) is 180 cm³/mol. The van der Waals surface area contributed by atoms with E-state index in [4.69, 9.17) is 9.72 Å².